The first-order chi connectivity index (χ1) is 6.31. The molecular weight excluding hydrogens is 231 g/mol. The van der Waals surface area contributed by atoms with E-state index >= 15 is 0 Å². The van der Waals surface area contributed by atoms with Crippen molar-refractivity contribution in [1.29, 1.82) is 0 Å². The largest absolute Gasteiger partial charge is 0.508 e. The Hall–Kier alpha value is -0.810. The van der Waals surface area contributed by atoms with Crippen molar-refractivity contribution in [3.63, 3.8) is 0 Å². The van der Waals surface area contributed by atoms with Gasteiger partial charge in [-0.25, -0.2) is 12.8 Å². The zero-order valence-corrected chi connectivity index (χ0v) is 8.86. The highest BCUT2D eigenvalue weighted by Crippen LogP contribution is 2.25. The van der Waals surface area contributed by atoms with Crippen LogP contribution in [0.15, 0.2) is 12.1 Å². The van der Waals surface area contributed by atoms with Gasteiger partial charge in [0.1, 0.15) is 11.6 Å². The lowest BCUT2D eigenvalue weighted by Gasteiger charge is -2.05. The van der Waals surface area contributed by atoms with E-state index in [1.165, 1.54) is 19.1 Å². The molecule has 1 aromatic carbocycles. The first-order valence-corrected chi connectivity index (χ1v) is 6.18. The summed E-state index contributed by atoms with van der Waals surface area (Å²) in [7, 11) is 1.09. The minimum absolute atomic E-state index is 0.262. The summed E-state index contributed by atoms with van der Waals surface area (Å²) in [5.74, 6) is -1.86. The molecule has 0 aliphatic carbocycles. The van der Waals surface area contributed by atoms with Crippen LogP contribution < -0.4 is 0 Å². The van der Waals surface area contributed by atoms with Gasteiger partial charge in [-0.1, -0.05) is 6.07 Å². The van der Waals surface area contributed by atoms with E-state index in [0.29, 0.717) is 0 Å². The fraction of sp³-hybridized carbons (Fsp3) is 0.250. The average Bonchev–Trinajstić information content (AvgIpc) is 2.04. The summed E-state index contributed by atoms with van der Waals surface area (Å²) in [4.78, 5) is 0. The van der Waals surface area contributed by atoms with Crippen LogP contribution in [0.3, 0.4) is 0 Å². The van der Waals surface area contributed by atoms with Crippen LogP contribution in [-0.4, -0.2) is 13.5 Å². The number of phenolic OH excluding ortho intramolecular Hbond substituents is 1. The Bertz CT molecular complexity index is 456. The van der Waals surface area contributed by atoms with Crippen LogP contribution in [0.5, 0.6) is 5.75 Å². The Morgan fingerprint density at radius 1 is 1.50 bits per heavy atom. The predicted octanol–water partition coefficient (Wildman–Crippen LogP) is 1.91. The third-order valence-electron chi connectivity index (χ3n) is 1.73. The molecule has 0 bridgehead atoms. The SMILES string of the molecule is Cc1ccc(O)c(CS(=O)(=O)Cl)c1F. The van der Waals surface area contributed by atoms with E-state index in [4.69, 9.17) is 10.7 Å². The maximum Gasteiger partial charge on any atom is 0.237 e. The van der Waals surface area contributed by atoms with Gasteiger partial charge >= 0.3 is 0 Å². The molecule has 1 rings (SSSR count). The maximum absolute atomic E-state index is 13.3. The molecule has 14 heavy (non-hydrogen) atoms. The van der Waals surface area contributed by atoms with Gasteiger partial charge in [0.25, 0.3) is 0 Å². The van der Waals surface area contributed by atoms with Gasteiger partial charge in [0.2, 0.25) is 9.05 Å². The normalized spacial score (nSPS) is 11.6. The molecule has 0 aliphatic heterocycles. The molecule has 1 N–H and O–H groups in total. The third kappa shape index (κ3) is 2.59. The predicted molar refractivity (Wildman–Crippen MR) is 51.3 cm³/mol. The third-order valence-corrected chi connectivity index (χ3v) is 2.69. The molecule has 0 unspecified atom stereocenters. The van der Waals surface area contributed by atoms with Crippen LogP contribution in [0.1, 0.15) is 11.1 Å². The lowest BCUT2D eigenvalue weighted by atomic mass is 10.1. The Morgan fingerprint density at radius 3 is 2.57 bits per heavy atom. The van der Waals surface area contributed by atoms with E-state index in [0.717, 1.165) is 0 Å². The van der Waals surface area contributed by atoms with Crippen molar-refractivity contribution in [2.75, 3.05) is 0 Å². The highest BCUT2D eigenvalue weighted by molar-refractivity contribution is 8.13. The molecule has 0 atom stereocenters. The summed E-state index contributed by atoms with van der Waals surface area (Å²) >= 11 is 0. The topological polar surface area (TPSA) is 54.4 Å². The molecule has 0 spiro atoms. The average molecular weight is 239 g/mol. The number of hydrogen-bond acceptors (Lipinski definition) is 3. The van der Waals surface area contributed by atoms with Crippen LogP contribution in [0.25, 0.3) is 0 Å². The summed E-state index contributed by atoms with van der Waals surface area (Å²) in [6.45, 7) is 1.47. The Labute approximate surface area is 85.6 Å². The Kier molecular flexibility index (Phi) is 3.01. The second kappa shape index (κ2) is 3.74. The fourth-order valence-corrected chi connectivity index (χ4v) is 1.98. The van der Waals surface area contributed by atoms with E-state index in [2.05, 4.69) is 0 Å². The minimum Gasteiger partial charge on any atom is -0.508 e. The number of aromatic hydroxyl groups is 1. The molecule has 0 fully saturated rings. The number of aryl methyl sites for hydroxylation is 1. The smallest absolute Gasteiger partial charge is 0.237 e. The van der Waals surface area contributed by atoms with Crippen molar-refractivity contribution in [2.45, 2.75) is 12.7 Å². The van der Waals surface area contributed by atoms with Gasteiger partial charge in [0.05, 0.1) is 5.75 Å². The summed E-state index contributed by atoms with van der Waals surface area (Å²) in [5.41, 5.74) is -0.0295. The summed E-state index contributed by atoms with van der Waals surface area (Å²) in [6.07, 6.45) is 0. The van der Waals surface area contributed by atoms with Crippen LogP contribution in [0, 0.1) is 12.7 Å². The van der Waals surface area contributed by atoms with Gasteiger partial charge in [0, 0.05) is 16.2 Å². The zero-order valence-electron chi connectivity index (χ0n) is 7.29. The van der Waals surface area contributed by atoms with Crippen molar-refractivity contribution in [3.05, 3.63) is 29.1 Å². The number of phenols is 1. The molecule has 6 heteroatoms. The highest BCUT2D eigenvalue weighted by atomic mass is 35.7. The number of hydrogen-bond donors (Lipinski definition) is 1. The molecule has 0 saturated heterocycles. The second-order valence-electron chi connectivity index (χ2n) is 2.88. The van der Waals surface area contributed by atoms with Gasteiger partial charge in [0.15, 0.2) is 0 Å². The van der Waals surface area contributed by atoms with Gasteiger partial charge in [-0.3, -0.25) is 0 Å². The Balaban J connectivity index is 3.27. The van der Waals surface area contributed by atoms with E-state index in [-0.39, 0.29) is 11.1 Å². The molecule has 1 aromatic rings. The monoisotopic (exact) mass is 238 g/mol. The molecular formula is C8H8ClFO3S. The molecule has 0 heterocycles. The fourth-order valence-electron chi connectivity index (χ4n) is 1.04. The quantitative estimate of drug-likeness (QED) is 0.801. The first-order valence-electron chi connectivity index (χ1n) is 3.70. The maximum atomic E-state index is 13.3. The van der Waals surface area contributed by atoms with Gasteiger partial charge < -0.3 is 5.11 Å². The molecule has 3 nitrogen and oxygen atoms in total. The highest BCUT2D eigenvalue weighted by Gasteiger charge is 2.16. The summed E-state index contributed by atoms with van der Waals surface area (Å²) in [5, 5.41) is 9.22. The van der Waals surface area contributed by atoms with Gasteiger partial charge in [-0.05, 0) is 18.6 Å². The minimum atomic E-state index is -3.87. The van der Waals surface area contributed by atoms with Crippen molar-refractivity contribution >= 4 is 19.7 Å². The van der Waals surface area contributed by atoms with Crippen LogP contribution >= 0.6 is 10.7 Å². The molecule has 0 radical (unpaired) electrons. The molecule has 0 amide bonds. The number of benzene rings is 1. The van der Waals surface area contributed by atoms with Crippen molar-refractivity contribution < 1.29 is 17.9 Å². The van der Waals surface area contributed by atoms with E-state index in [9.17, 15) is 17.9 Å². The van der Waals surface area contributed by atoms with E-state index < -0.39 is 26.4 Å². The number of halogens is 2. The zero-order chi connectivity index (χ0) is 10.9. The van der Waals surface area contributed by atoms with Crippen molar-refractivity contribution in [2.24, 2.45) is 0 Å². The molecule has 0 aliphatic rings. The second-order valence-corrected chi connectivity index (χ2v) is 5.65. The molecule has 0 saturated carbocycles. The molecule has 78 valence electrons. The van der Waals surface area contributed by atoms with Crippen LogP contribution in [-0.2, 0) is 14.8 Å². The van der Waals surface area contributed by atoms with Crippen LogP contribution in [0.2, 0.25) is 0 Å². The van der Waals surface area contributed by atoms with Gasteiger partial charge in [-0.15, -0.1) is 0 Å². The standard InChI is InChI=1S/C8H8ClFO3S/c1-5-2-3-7(11)6(8(5)10)4-14(9,12)13/h2-3,11H,4H2,1H3. The summed E-state index contributed by atoms with van der Waals surface area (Å²) in [6, 6.07) is 2.59. The van der Waals surface area contributed by atoms with E-state index in [1.807, 2.05) is 0 Å². The molecule has 0 aromatic heterocycles. The lowest BCUT2D eigenvalue weighted by Crippen LogP contribution is -2.00. The van der Waals surface area contributed by atoms with Crippen molar-refractivity contribution in [3.8, 4) is 5.75 Å². The lowest BCUT2D eigenvalue weighted by molar-refractivity contribution is 0.460. The van der Waals surface area contributed by atoms with Crippen molar-refractivity contribution in [1.82, 2.24) is 0 Å². The van der Waals surface area contributed by atoms with E-state index in [1.54, 1.807) is 0 Å². The van der Waals surface area contributed by atoms with Crippen LogP contribution in [0.4, 0.5) is 4.39 Å². The first kappa shape index (κ1) is 11.3. The van der Waals surface area contributed by atoms with Gasteiger partial charge in [-0.2, -0.15) is 0 Å². The number of rotatable bonds is 2. The Morgan fingerprint density at radius 2 is 2.07 bits per heavy atom. The summed E-state index contributed by atoms with van der Waals surface area (Å²) < 4.78 is 34.7.